The number of allylic oxidation sites excluding steroid dienone is 2. The van der Waals surface area contributed by atoms with Crippen LogP contribution in [0.5, 0.6) is 5.75 Å². The van der Waals surface area contributed by atoms with E-state index in [-0.39, 0.29) is 35.9 Å². The molecule has 4 nitrogen and oxygen atoms in total. The molecule has 0 spiro atoms. The lowest BCUT2D eigenvalue weighted by Gasteiger charge is -2.15. The topological polar surface area (TPSA) is 60.4 Å². The molecule has 0 aliphatic heterocycles. The van der Waals surface area contributed by atoms with Crippen LogP contribution in [0.2, 0.25) is 0 Å². The molecule has 0 unspecified atom stereocenters. The van der Waals surface area contributed by atoms with Crippen LogP contribution >= 0.6 is 0 Å². The number of benzene rings is 1. The third-order valence-electron chi connectivity index (χ3n) is 2.48. The van der Waals surface area contributed by atoms with Gasteiger partial charge in [-0.2, -0.15) is 0 Å². The highest BCUT2D eigenvalue weighted by atomic mass is 16.5. The Morgan fingerprint density at radius 1 is 1.22 bits per heavy atom. The molecule has 1 aromatic carbocycles. The number of fused-ring (bicyclic) bond motifs is 1. The van der Waals surface area contributed by atoms with E-state index in [1.54, 1.807) is 19.1 Å². The molecule has 0 bridgehead atoms. The molecule has 0 saturated heterocycles. The average Bonchev–Trinajstić information content (AvgIpc) is 2.25. The van der Waals surface area contributed by atoms with Crippen molar-refractivity contribution in [2.45, 2.75) is 21.3 Å². The highest BCUT2D eigenvalue weighted by molar-refractivity contribution is 6.25. The Balaban J connectivity index is 0.00000162. The van der Waals surface area contributed by atoms with Crippen molar-refractivity contribution in [2.24, 2.45) is 0 Å². The summed E-state index contributed by atoms with van der Waals surface area (Å²) in [5, 5.41) is 0. The van der Waals surface area contributed by atoms with Crippen LogP contribution in [0.15, 0.2) is 29.8 Å². The Kier molecular flexibility index (Phi) is 3.81. The minimum atomic E-state index is -0.523. The number of carbonyl (C=O) groups is 3. The van der Waals surface area contributed by atoms with Crippen LogP contribution in [0.3, 0.4) is 0 Å². The number of hydrogen-bond donors (Lipinski definition) is 0. The van der Waals surface area contributed by atoms with Gasteiger partial charge in [-0.1, -0.05) is 19.6 Å². The smallest absolute Gasteiger partial charge is 0.308 e. The van der Waals surface area contributed by atoms with Gasteiger partial charge < -0.3 is 4.74 Å². The summed E-state index contributed by atoms with van der Waals surface area (Å²) in [4.78, 5) is 34.6. The summed E-state index contributed by atoms with van der Waals surface area (Å²) >= 11 is 0. The fourth-order valence-corrected chi connectivity index (χ4v) is 1.76. The molecule has 1 aliphatic carbocycles. The fourth-order valence-electron chi connectivity index (χ4n) is 1.76. The minimum Gasteiger partial charge on any atom is -0.426 e. The summed E-state index contributed by atoms with van der Waals surface area (Å²) < 4.78 is 4.93. The Morgan fingerprint density at radius 2 is 1.89 bits per heavy atom. The van der Waals surface area contributed by atoms with E-state index >= 15 is 0 Å². The van der Waals surface area contributed by atoms with Gasteiger partial charge in [-0.15, -0.1) is 0 Å². The Labute approximate surface area is 105 Å². The van der Waals surface area contributed by atoms with Gasteiger partial charge >= 0.3 is 5.97 Å². The van der Waals surface area contributed by atoms with E-state index in [1.165, 1.54) is 19.1 Å². The molecular weight excluding hydrogens is 232 g/mol. The molecule has 0 aromatic heterocycles. The van der Waals surface area contributed by atoms with Gasteiger partial charge in [0, 0.05) is 18.1 Å². The average molecular weight is 246 g/mol. The highest BCUT2D eigenvalue weighted by Gasteiger charge is 2.26. The molecule has 1 aromatic rings. The summed E-state index contributed by atoms with van der Waals surface area (Å²) in [5.41, 5.74) is 0.842. The van der Waals surface area contributed by atoms with Crippen molar-refractivity contribution in [2.75, 3.05) is 0 Å². The maximum absolute atomic E-state index is 11.8. The molecule has 2 rings (SSSR count). The molecular formula is C14H14O4. The summed E-state index contributed by atoms with van der Waals surface area (Å²) in [5.74, 6) is -0.912. The van der Waals surface area contributed by atoms with Crippen LogP contribution in [0.25, 0.3) is 0 Å². The first-order chi connectivity index (χ1) is 8.00. The SMILES string of the molecule is C.CC(=O)Oc1cccc2c1C(=O)C=C(C)C2=O. The van der Waals surface area contributed by atoms with Crippen molar-refractivity contribution in [3.05, 3.63) is 41.0 Å². The maximum atomic E-state index is 11.8. The lowest BCUT2D eigenvalue weighted by atomic mass is 9.89. The van der Waals surface area contributed by atoms with E-state index in [0.717, 1.165) is 0 Å². The van der Waals surface area contributed by atoms with Gasteiger partial charge in [-0.3, -0.25) is 14.4 Å². The van der Waals surface area contributed by atoms with Crippen molar-refractivity contribution < 1.29 is 19.1 Å². The predicted molar refractivity (Wildman–Crippen MR) is 66.9 cm³/mol. The summed E-state index contributed by atoms with van der Waals surface area (Å²) in [6, 6.07) is 4.64. The third kappa shape index (κ3) is 2.22. The summed E-state index contributed by atoms with van der Waals surface area (Å²) in [6.45, 7) is 2.83. The minimum absolute atomic E-state index is 0. The van der Waals surface area contributed by atoms with E-state index in [2.05, 4.69) is 0 Å². The normalized spacial score (nSPS) is 13.3. The van der Waals surface area contributed by atoms with Gasteiger partial charge in [0.1, 0.15) is 5.75 Å². The lowest BCUT2D eigenvalue weighted by Crippen LogP contribution is -2.17. The first kappa shape index (κ1) is 13.8. The van der Waals surface area contributed by atoms with Crippen LogP contribution in [-0.4, -0.2) is 17.5 Å². The number of Topliss-reactive ketones (excluding diaryl/α,β-unsaturated/α-hetero) is 1. The van der Waals surface area contributed by atoms with Crippen LogP contribution < -0.4 is 4.74 Å². The maximum Gasteiger partial charge on any atom is 0.308 e. The Hall–Kier alpha value is -2.23. The zero-order valence-electron chi connectivity index (χ0n) is 9.44. The largest absolute Gasteiger partial charge is 0.426 e. The monoisotopic (exact) mass is 246 g/mol. The zero-order chi connectivity index (χ0) is 12.6. The lowest BCUT2D eigenvalue weighted by molar-refractivity contribution is -0.131. The number of carbonyl (C=O) groups excluding carboxylic acids is 3. The first-order valence-corrected chi connectivity index (χ1v) is 5.09. The van der Waals surface area contributed by atoms with Gasteiger partial charge in [-0.05, 0) is 19.1 Å². The summed E-state index contributed by atoms with van der Waals surface area (Å²) in [7, 11) is 0. The van der Waals surface area contributed by atoms with Gasteiger partial charge in [-0.25, -0.2) is 0 Å². The van der Waals surface area contributed by atoms with Crippen LogP contribution in [0.4, 0.5) is 0 Å². The molecule has 1 aliphatic rings. The standard InChI is InChI=1S/C13H10O4.CH4/c1-7-6-10(15)12-9(13(7)16)4-3-5-11(12)17-8(2)14;/h3-6H,1-2H3;1H4. The number of hydrogen-bond acceptors (Lipinski definition) is 4. The van der Waals surface area contributed by atoms with E-state index in [1.807, 2.05) is 0 Å². The van der Waals surface area contributed by atoms with E-state index in [0.29, 0.717) is 5.57 Å². The summed E-state index contributed by atoms with van der Waals surface area (Å²) in [6.07, 6.45) is 1.26. The van der Waals surface area contributed by atoms with Crippen molar-refractivity contribution in [1.82, 2.24) is 0 Å². The third-order valence-corrected chi connectivity index (χ3v) is 2.48. The fraction of sp³-hybridized carbons (Fsp3) is 0.214. The molecule has 4 heteroatoms. The van der Waals surface area contributed by atoms with E-state index < -0.39 is 5.97 Å². The van der Waals surface area contributed by atoms with Crippen molar-refractivity contribution >= 4 is 17.5 Å². The molecule has 0 amide bonds. The second-order valence-electron chi connectivity index (χ2n) is 3.79. The number of rotatable bonds is 1. The number of ether oxygens (including phenoxy) is 1. The number of esters is 1. The van der Waals surface area contributed by atoms with E-state index in [9.17, 15) is 14.4 Å². The van der Waals surface area contributed by atoms with Crippen LogP contribution in [0.1, 0.15) is 42.0 Å². The molecule has 0 heterocycles. The highest BCUT2D eigenvalue weighted by Crippen LogP contribution is 2.29. The second kappa shape index (κ2) is 4.96. The Morgan fingerprint density at radius 3 is 2.50 bits per heavy atom. The van der Waals surface area contributed by atoms with Crippen LogP contribution in [-0.2, 0) is 4.79 Å². The van der Waals surface area contributed by atoms with Crippen molar-refractivity contribution in [1.29, 1.82) is 0 Å². The van der Waals surface area contributed by atoms with Gasteiger partial charge in [0.25, 0.3) is 0 Å². The van der Waals surface area contributed by atoms with E-state index in [4.69, 9.17) is 4.74 Å². The number of ketones is 2. The predicted octanol–water partition coefficient (Wildman–Crippen LogP) is 2.57. The van der Waals surface area contributed by atoms with Crippen LogP contribution in [0, 0.1) is 0 Å². The van der Waals surface area contributed by atoms with Crippen molar-refractivity contribution in [3.8, 4) is 5.75 Å². The molecule has 0 atom stereocenters. The zero-order valence-corrected chi connectivity index (χ0v) is 9.44. The second-order valence-corrected chi connectivity index (χ2v) is 3.79. The molecule has 0 saturated carbocycles. The van der Waals surface area contributed by atoms with Gasteiger partial charge in [0.15, 0.2) is 11.6 Å². The van der Waals surface area contributed by atoms with Crippen molar-refractivity contribution in [3.63, 3.8) is 0 Å². The molecule has 0 radical (unpaired) electrons. The molecule has 94 valence electrons. The molecule has 18 heavy (non-hydrogen) atoms. The molecule has 0 N–H and O–H groups in total. The van der Waals surface area contributed by atoms with Gasteiger partial charge in [0.2, 0.25) is 0 Å². The first-order valence-electron chi connectivity index (χ1n) is 5.09. The quantitative estimate of drug-likeness (QED) is 0.564. The van der Waals surface area contributed by atoms with Gasteiger partial charge in [0.05, 0.1) is 5.56 Å². The molecule has 0 fully saturated rings. The Bertz CT molecular complexity index is 567.